The normalized spacial score (nSPS) is 36.3. The molecule has 0 amide bonds. The van der Waals surface area contributed by atoms with Crippen molar-refractivity contribution in [2.75, 3.05) is 6.54 Å². The zero-order chi connectivity index (χ0) is 9.19. The molecule has 0 aliphatic carbocycles. The number of aliphatic carboxylic acids is 1. The highest BCUT2D eigenvalue weighted by molar-refractivity contribution is 5.68. The van der Waals surface area contributed by atoms with Crippen LogP contribution in [0.3, 0.4) is 0 Å². The summed E-state index contributed by atoms with van der Waals surface area (Å²) in [6, 6.07) is 0.0994. The van der Waals surface area contributed by atoms with Crippen molar-refractivity contribution >= 4 is 5.97 Å². The lowest BCUT2D eigenvalue weighted by molar-refractivity contribution is -0.138. The number of piperidine rings is 1. The van der Waals surface area contributed by atoms with Gasteiger partial charge in [-0.05, 0) is 26.3 Å². The van der Waals surface area contributed by atoms with Crippen LogP contribution >= 0.6 is 0 Å². The third-order valence-electron chi connectivity index (χ3n) is 2.61. The smallest absolute Gasteiger partial charge is 0.305 e. The molecule has 1 rings (SSSR count). The van der Waals surface area contributed by atoms with Crippen LogP contribution in [0.15, 0.2) is 0 Å². The summed E-state index contributed by atoms with van der Waals surface area (Å²) in [6.45, 7) is 2.89. The van der Waals surface area contributed by atoms with Crippen molar-refractivity contribution in [1.29, 1.82) is 0 Å². The summed E-state index contributed by atoms with van der Waals surface area (Å²) in [7, 11) is 0. The van der Waals surface area contributed by atoms with E-state index >= 15 is 0 Å². The van der Waals surface area contributed by atoms with E-state index in [0.29, 0.717) is 0 Å². The third-order valence-corrected chi connectivity index (χ3v) is 2.61. The Balaban J connectivity index is 2.59. The second-order valence-corrected chi connectivity index (χ2v) is 3.58. The van der Waals surface area contributed by atoms with E-state index in [1.807, 2.05) is 6.92 Å². The molecule has 4 heteroatoms. The SMILES string of the molecule is CC1NCCCC1(N)CC(=O)O. The average Bonchev–Trinajstić information content (AvgIpc) is 1.94. The molecule has 1 aliphatic rings. The Labute approximate surface area is 72.1 Å². The second-order valence-electron chi connectivity index (χ2n) is 3.58. The minimum absolute atomic E-state index is 0.0567. The van der Waals surface area contributed by atoms with Crippen molar-refractivity contribution in [3.05, 3.63) is 0 Å². The number of hydrogen-bond acceptors (Lipinski definition) is 3. The predicted octanol–water partition coefficient (Wildman–Crippen LogP) is -0.0695. The van der Waals surface area contributed by atoms with Crippen LogP contribution in [-0.2, 0) is 4.79 Å². The van der Waals surface area contributed by atoms with Gasteiger partial charge in [0.05, 0.1) is 6.42 Å². The molecule has 2 atom stereocenters. The fraction of sp³-hybridized carbons (Fsp3) is 0.875. The van der Waals surface area contributed by atoms with Crippen molar-refractivity contribution in [1.82, 2.24) is 5.32 Å². The zero-order valence-corrected chi connectivity index (χ0v) is 7.34. The molecule has 0 spiro atoms. The Kier molecular flexibility index (Phi) is 2.69. The van der Waals surface area contributed by atoms with E-state index in [1.54, 1.807) is 0 Å². The summed E-state index contributed by atoms with van der Waals surface area (Å²) in [5, 5.41) is 11.8. The van der Waals surface area contributed by atoms with Crippen LogP contribution < -0.4 is 11.1 Å². The van der Waals surface area contributed by atoms with E-state index in [-0.39, 0.29) is 12.5 Å². The number of nitrogens with one attached hydrogen (secondary N) is 1. The standard InChI is InChI=1S/C8H16N2O2/c1-6-8(9,5-7(11)12)3-2-4-10-6/h6,10H,2-5,9H2,1H3,(H,11,12). The molecule has 0 aromatic heterocycles. The minimum Gasteiger partial charge on any atom is -0.481 e. The van der Waals surface area contributed by atoms with E-state index in [4.69, 9.17) is 10.8 Å². The largest absolute Gasteiger partial charge is 0.481 e. The molecule has 12 heavy (non-hydrogen) atoms. The van der Waals surface area contributed by atoms with Gasteiger partial charge in [0.25, 0.3) is 0 Å². The van der Waals surface area contributed by atoms with Gasteiger partial charge in [0.2, 0.25) is 0 Å². The Hall–Kier alpha value is -0.610. The first-order valence-corrected chi connectivity index (χ1v) is 4.29. The van der Waals surface area contributed by atoms with Crippen LogP contribution in [0.2, 0.25) is 0 Å². The minimum atomic E-state index is -0.812. The molecule has 4 N–H and O–H groups in total. The molecule has 1 heterocycles. The van der Waals surface area contributed by atoms with Gasteiger partial charge >= 0.3 is 5.97 Å². The Morgan fingerprint density at radius 1 is 1.83 bits per heavy atom. The zero-order valence-electron chi connectivity index (χ0n) is 7.34. The molecule has 0 bridgehead atoms. The van der Waals surface area contributed by atoms with Crippen molar-refractivity contribution < 1.29 is 9.90 Å². The molecule has 4 nitrogen and oxygen atoms in total. The van der Waals surface area contributed by atoms with E-state index in [9.17, 15) is 4.79 Å². The fourth-order valence-electron chi connectivity index (χ4n) is 1.68. The maximum absolute atomic E-state index is 10.5. The molecule has 0 aromatic carbocycles. The molecule has 0 radical (unpaired) electrons. The van der Waals surface area contributed by atoms with Gasteiger partial charge in [0.15, 0.2) is 0 Å². The van der Waals surface area contributed by atoms with Gasteiger partial charge < -0.3 is 16.2 Å². The maximum atomic E-state index is 10.5. The highest BCUT2D eigenvalue weighted by atomic mass is 16.4. The first kappa shape index (κ1) is 9.48. The lowest BCUT2D eigenvalue weighted by Gasteiger charge is -2.39. The molecular formula is C8H16N2O2. The van der Waals surface area contributed by atoms with E-state index in [2.05, 4.69) is 5.32 Å². The number of nitrogens with two attached hydrogens (primary N) is 1. The summed E-state index contributed by atoms with van der Waals surface area (Å²) >= 11 is 0. The van der Waals surface area contributed by atoms with Crippen LogP contribution in [0, 0.1) is 0 Å². The van der Waals surface area contributed by atoms with Crippen molar-refractivity contribution in [2.45, 2.75) is 37.8 Å². The first-order chi connectivity index (χ1) is 5.54. The Morgan fingerprint density at radius 3 is 3.00 bits per heavy atom. The molecule has 1 fully saturated rings. The molecule has 0 aromatic rings. The summed E-state index contributed by atoms with van der Waals surface area (Å²) in [5.74, 6) is -0.812. The van der Waals surface area contributed by atoms with E-state index in [1.165, 1.54) is 0 Å². The van der Waals surface area contributed by atoms with E-state index < -0.39 is 11.5 Å². The second kappa shape index (κ2) is 3.41. The van der Waals surface area contributed by atoms with Crippen molar-refractivity contribution in [3.63, 3.8) is 0 Å². The Morgan fingerprint density at radius 2 is 2.50 bits per heavy atom. The van der Waals surface area contributed by atoms with Crippen molar-refractivity contribution in [2.24, 2.45) is 5.73 Å². The topological polar surface area (TPSA) is 75.3 Å². The van der Waals surface area contributed by atoms with Crippen molar-refractivity contribution in [3.8, 4) is 0 Å². The fourth-order valence-corrected chi connectivity index (χ4v) is 1.68. The van der Waals surface area contributed by atoms with Gasteiger partial charge in [-0.25, -0.2) is 0 Å². The lowest BCUT2D eigenvalue weighted by Crippen LogP contribution is -2.60. The monoisotopic (exact) mass is 172 g/mol. The number of carboxylic acids is 1. The Bertz CT molecular complexity index is 184. The number of carboxylic acid groups (broad SMARTS) is 1. The van der Waals surface area contributed by atoms with Gasteiger partial charge in [0.1, 0.15) is 0 Å². The number of hydrogen-bond donors (Lipinski definition) is 3. The highest BCUT2D eigenvalue weighted by Crippen LogP contribution is 2.22. The van der Waals surface area contributed by atoms with E-state index in [0.717, 1.165) is 19.4 Å². The first-order valence-electron chi connectivity index (χ1n) is 4.29. The molecule has 1 saturated heterocycles. The van der Waals surface area contributed by atoms with Gasteiger partial charge in [-0.1, -0.05) is 0 Å². The molecular weight excluding hydrogens is 156 g/mol. The lowest BCUT2D eigenvalue weighted by atomic mass is 9.81. The van der Waals surface area contributed by atoms with Gasteiger partial charge in [-0.3, -0.25) is 4.79 Å². The summed E-state index contributed by atoms with van der Waals surface area (Å²) in [5.41, 5.74) is 5.41. The van der Waals surface area contributed by atoms with Crippen LogP contribution in [0.25, 0.3) is 0 Å². The third kappa shape index (κ3) is 1.95. The van der Waals surface area contributed by atoms with Crippen LogP contribution in [0.4, 0.5) is 0 Å². The summed E-state index contributed by atoms with van der Waals surface area (Å²) < 4.78 is 0. The average molecular weight is 172 g/mol. The van der Waals surface area contributed by atoms with Gasteiger partial charge in [-0.15, -0.1) is 0 Å². The van der Waals surface area contributed by atoms with Gasteiger partial charge in [-0.2, -0.15) is 0 Å². The number of rotatable bonds is 2. The maximum Gasteiger partial charge on any atom is 0.305 e. The van der Waals surface area contributed by atoms with Gasteiger partial charge in [0, 0.05) is 11.6 Å². The summed E-state index contributed by atoms with van der Waals surface area (Å²) in [4.78, 5) is 10.5. The van der Waals surface area contributed by atoms with Crippen LogP contribution in [0.5, 0.6) is 0 Å². The predicted molar refractivity (Wildman–Crippen MR) is 45.9 cm³/mol. The number of carbonyl (C=O) groups is 1. The molecule has 0 saturated carbocycles. The molecule has 1 aliphatic heterocycles. The molecule has 70 valence electrons. The summed E-state index contributed by atoms with van der Waals surface area (Å²) in [6.07, 6.45) is 1.82. The molecule has 2 unspecified atom stereocenters. The van der Waals surface area contributed by atoms with Crippen LogP contribution in [0.1, 0.15) is 26.2 Å². The quantitative estimate of drug-likeness (QED) is 0.545. The van der Waals surface area contributed by atoms with Crippen LogP contribution in [-0.4, -0.2) is 29.2 Å². The highest BCUT2D eigenvalue weighted by Gasteiger charge is 2.35.